The fourth-order valence-electron chi connectivity index (χ4n) is 2.01. The molecule has 1 aliphatic rings. The van der Waals surface area contributed by atoms with Gasteiger partial charge in [-0.2, -0.15) is 0 Å². The molecule has 0 saturated carbocycles. The fourth-order valence-corrected chi connectivity index (χ4v) is 2.71. The van der Waals surface area contributed by atoms with Gasteiger partial charge in [-0.1, -0.05) is 6.07 Å². The molecule has 1 N–H and O–H groups in total. The van der Waals surface area contributed by atoms with Crippen molar-refractivity contribution < 1.29 is 19.5 Å². The molecule has 2 rings (SSSR count). The first-order valence-corrected chi connectivity index (χ1v) is 6.52. The van der Waals surface area contributed by atoms with Crippen molar-refractivity contribution >= 4 is 29.0 Å². The first-order chi connectivity index (χ1) is 8.58. The Morgan fingerprint density at radius 2 is 2.28 bits per heavy atom. The minimum absolute atomic E-state index is 0.0779. The lowest BCUT2D eigenvalue weighted by molar-refractivity contribution is -0.154. The number of carboxylic acid groups (broad SMARTS) is 1. The quantitative estimate of drug-likeness (QED) is 0.884. The van der Waals surface area contributed by atoms with Crippen LogP contribution in [0.5, 0.6) is 0 Å². The zero-order valence-electron chi connectivity index (χ0n) is 9.67. The Morgan fingerprint density at radius 3 is 2.89 bits per heavy atom. The second kappa shape index (κ2) is 5.30. The summed E-state index contributed by atoms with van der Waals surface area (Å²) in [5.74, 6) is -1.43. The summed E-state index contributed by atoms with van der Waals surface area (Å²) in [6, 6.07) is 2.69. The maximum atomic E-state index is 12.0. The molecule has 1 amide bonds. The van der Waals surface area contributed by atoms with Crippen LogP contribution in [0.25, 0.3) is 0 Å². The highest BCUT2D eigenvalue weighted by Crippen LogP contribution is 2.18. The lowest BCUT2D eigenvalue weighted by Crippen LogP contribution is -2.50. The number of hydrogen-bond acceptors (Lipinski definition) is 4. The molecule has 6 heteroatoms. The van der Waals surface area contributed by atoms with E-state index in [2.05, 4.69) is 0 Å². The van der Waals surface area contributed by atoms with Crippen molar-refractivity contribution in [3.63, 3.8) is 0 Å². The van der Waals surface area contributed by atoms with Crippen LogP contribution in [0.4, 0.5) is 0 Å². The Labute approximate surface area is 108 Å². The molecular formula is C12H13NO4S. The highest BCUT2D eigenvalue weighted by atomic mass is 32.1. The van der Waals surface area contributed by atoms with E-state index in [9.17, 15) is 14.4 Å². The molecule has 1 aliphatic heterocycles. The second-order valence-corrected chi connectivity index (χ2v) is 5.22. The lowest BCUT2D eigenvalue weighted by atomic mass is 10.0. The van der Waals surface area contributed by atoms with Crippen molar-refractivity contribution in [3.8, 4) is 0 Å². The van der Waals surface area contributed by atoms with Crippen molar-refractivity contribution in [1.29, 1.82) is 0 Å². The Kier molecular flexibility index (Phi) is 3.76. The van der Waals surface area contributed by atoms with E-state index in [0.29, 0.717) is 0 Å². The van der Waals surface area contributed by atoms with E-state index in [1.165, 1.54) is 16.2 Å². The predicted octanol–water partition coefficient (Wildman–Crippen LogP) is 0.935. The highest BCUT2D eigenvalue weighted by molar-refractivity contribution is 7.10. The summed E-state index contributed by atoms with van der Waals surface area (Å²) in [6.07, 6.45) is 0.376. The van der Waals surface area contributed by atoms with Crippen molar-refractivity contribution in [2.75, 3.05) is 6.54 Å². The average molecular weight is 267 g/mol. The molecule has 0 aliphatic carbocycles. The van der Waals surface area contributed by atoms with Crippen LogP contribution in [-0.4, -0.2) is 40.3 Å². The van der Waals surface area contributed by atoms with Gasteiger partial charge in [-0.05, 0) is 11.4 Å². The van der Waals surface area contributed by atoms with Crippen molar-refractivity contribution in [3.05, 3.63) is 22.4 Å². The zero-order valence-corrected chi connectivity index (χ0v) is 10.5. The van der Waals surface area contributed by atoms with Gasteiger partial charge in [0.05, 0.1) is 6.42 Å². The van der Waals surface area contributed by atoms with Crippen LogP contribution in [0.1, 0.15) is 17.7 Å². The van der Waals surface area contributed by atoms with E-state index in [1.807, 2.05) is 17.5 Å². The van der Waals surface area contributed by atoms with Gasteiger partial charge in [0.2, 0.25) is 5.91 Å². The number of ketones is 1. The number of piperidine rings is 1. The monoisotopic (exact) mass is 267 g/mol. The Bertz CT molecular complexity index is 468. The number of thiophene rings is 1. The summed E-state index contributed by atoms with van der Waals surface area (Å²) in [7, 11) is 0. The SMILES string of the molecule is O=C1CCN(C(=O)Cc2cccs2)C(C(=O)O)C1. The zero-order chi connectivity index (χ0) is 13.1. The fraction of sp³-hybridized carbons (Fsp3) is 0.417. The number of carbonyl (C=O) groups excluding carboxylic acids is 2. The van der Waals surface area contributed by atoms with E-state index in [0.717, 1.165) is 4.88 Å². The highest BCUT2D eigenvalue weighted by Gasteiger charge is 2.35. The molecule has 0 radical (unpaired) electrons. The smallest absolute Gasteiger partial charge is 0.326 e. The number of hydrogen-bond donors (Lipinski definition) is 1. The van der Waals surface area contributed by atoms with Crippen LogP contribution in [-0.2, 0) is 20.8 Å². The van der Waals surface area contributed by atoms with Crippen LogP contribution < -0.4 is 0 Å². The number of aliphatic carboxylic acids is 1. The third-order valence-electron chi connectivity index (χ3n) is 2.94. The molecule has 0 spiro atoms. The van der Waals surface area contributed by atoms with Crippen LogP contribution >= 0.6 is 11.3 Å². The molecule has 1 aromatic heterocycles. The van der Waals surface area contributed by atoms with Crippen molar-refractivity contribution in [2.45, 2.75) is 25.3 Å². The van der Waals surface area contributed by atoms with E-state index in [-0.39, 0.29) is 37.5 Å². The number of rotatable bonds is 3. The van der Waals surface area contributed by atoms with E-state index >= 15 is 0 Å². The second-order valence-electron chi connectivity index (χ2n) is 4.19. The van der Waals surface area contributed by atoms with Gasteiger partial charge < -0.3 is 10.0 Å². The van der Waals surface area contributed by atoms with Gasteiger partial charge in [-0.25, -0.2) is 4.79 Å². The Morgan fingerprint density at radius 1 is 1.50 bits per heavy atom. The van der Waals surface area contributed by atoms with Gasteiger partial charge in [-0.15, -0.1) is 11.3 Å². The molecule has 1 atom stereocenters. The van der Waals surface area contributed by atoms with Crippen molar-refractivity contribution in [1.82, 2.24) is 4.90 Å². The van der Waals surface area contributed by atoms with Gasteiger partial charge in [0, 0.05) is 24.3 Å². The van der Waals surface area contributed by atoms with Crippen LogP contribution in [0, 0.1) is 0 Å². The van der Waals surface area contributed by atoms with Crippen LogP contribution in [0.2, 0.25) is 0 Å². The Balaban J connectivity index is 2.07. The Hall–Kier alpha value is -1.69. The molecular weight excluding hydrogens is 254 g/mol. The standard InChI is InChI=1S/C12H13NO4S/c14-8-3-4-13(10(6-8)12(16)17)11(15)7-9-2-1-5-18-9/h1-2,5,10H,3-4,6-7H2,(H,16,17). The number of likely N-dealkylation sites (tertiary alicyclic amines) is 1. The van der Waals surface area contributed by atoms with Gasteiger partial charge >= 0.3 is 5.97 Å². The van der Waals surface area contributed by atoms with Crippen LogP contribution in [0.3, 0.4) is 0 Å². The van der Waals surface area contributed by atoms with Crippen LogP contribution in [0.15, 0.2) is 17.5 Å². The average Bonchev–Trinajstić information content (AvgIpc) is 2.81. The lowest BCUT2D eigenvalue weighted by Gasteiger charge is -2.32. The summed E-state index contributed by atoms with van der Waals surface area (Å²) in [5.41, 5.74) is 0. The molecule has 0 bridgehead atoms. The summed E-state index contributed by atoms with van der Waals surface area (Å²) >= 11 is 1.46. The number of carboxylic acids is 1. The molecule has 1 aromatic rings. The normalized spacial score (nSPS) is 19.9. The summed E-state index contributed by atoms with van der Waals surface area (Å²) in [4.78, 5) is 36.6. The van der Waals surface area contributed by atoms with Gasteiger partial charge in [0.25, 0.3) is 0 Å². The minimum Gasteiger partial charge on any atom is -0.480 e. The van der Waals surface area contributed by atoms with E-state index < -0.39 is 12.0 Å². The molecule has 5 nitrogen and oxygen atoms in total. The first-order valence-electron chi connectivity index (χ1n) is 5.64. The van der Waals surface area contributed by atoms with Gasteiger partial charge in [0.1, 0.15) is 11.8 Å². The largest absolute Gasteiger partial charge is 0.480 e. The molecule has 2 heterocycles. The first kappa shape index (κ1) is 12.8. The number of nitrogens with zero attached hydrogens (tertiary/aromatic N) is 1. The number of Topliss-reactive ketones (excluding diaryl/α,β-unsaturated/α-hetero) is 1. The molecule has 0 aromatic carbocycles. The molecule has 96 valence electrons. The predicted molar refractivity (Wildman–Crippen MR) is 65.4 cm³/mol. The summed E-state index contributed by atoms with van der Waals surface area (Å²) in [6.45, 7) is 0.208. The van der Waals surface area contributed by atoms with Crippen molar-refractivity contribution in [2.24, 2.45) is 0 Å². The van der Waals surface area contributed by atoms with Gasteiger partial charge in [0.15, 0.2) is 0 Å². The van der Waals surface area contributed by atoms with E-state index in [4.69, 9.17) is 5.11 Å². The molecule has 1 unspecified atom stereocenters. The maximum Gasteiger partial charge on any atom is 0.326 e. The number of carbonyl (C=O) groups is 3. The molecule has 18 heavy (non-hydrogen) atoms. The van der Waals surface area contributed by atoms with Gasteiger partial charge in [-0.3, -0.25) is 9.59 Å². The summed E-state index contributed by atoms with van der Waals surface area (Å²) in [5, 5.41) is 10.9. The molecule has 1 fully saturated rings. The third kappa shape index (κ3) is 2.76. The third-order valence-corrected chi connectivity index (χ3v) is 3.82. The topological polar surface area (TPSA) is 74.7 Å². The number of amides is 1. The summed E-state index contributed by atoms with van der Waals surface area (Å²) < 4.78 is 0. The minimum atomic E-state index is -1.11. The maximum absolute atomic E-state index is 12.0. The molecule has 1 saturated heterocycles. The van der Waals surface area contributed by atoms with E-state index in [1.54, 1.807) is 0 Å².